The Morgan fingerprint density at radius 3 is 2.23 bits per heavy atom. The summed E-state index contributed by atoms with van der Waals surface area (Å²) in [4.78, 5) is 0. The number of methoxy groups -OCH3 is 1. The van der Waals surface area contributed by atoms with Gasteiger partial charge in [-0.15, -0.1) is 0 Å². The fourth-order valence-electron chi connectivity index (χ4n) is 2.21. The molecule has 0 radical (unpaired) electrons. The van der Waals surface area contributed by atoms with Crippen molar-refractivity contribution in [2.75, 3.05) is 13.7 Å². The fourth-order valence-corrected chi connectivity index (χ4v) is 2.21. The summed E-state index contributed by atoms with van der Waals surface area (Å²) in [6.45, 7) is 9.72. The van der Waals surface area contributed by atoms with Gasteiger partial charge in [-0.25, -0.2) is 0 Å². The van der Waals surface area contributed by atoms with Gasteiger partial charge in [0.25, 0.3) is 0 Å². The van der Waals surface area contributed by atoms with Gasteiger partial charge in [0.2, 0.25) is 0 Å². The Morgan fingerprint density at radius 2 is 1.85 bits per heavy atom. The Morgan fingerprint density at radius 1 is 1.23 bits per heavy atom. The second-order valence-electron chi connectivity index (χ2n) is 4.56. The van der Waals surface area contributed by atoms with Gasteiger partial charge in [0.05, 0.1) is 18.8 Å². The lowest BCUT2D eigenvalue weighted by Crippen LogP contribution is -2.22. The largest absolute Gasteiger partial charge is 0.382 e. The fraction of sp³-hybridized carbons (Fsp3) is 1.00. The van der Waals surface area contributed by atoms with Crippen LogP contribution in [0.4, 0.5) is 0 Å². The smallest absolute Gasteiger partial charge is 0.0841 e. The third-order valence-corrected chi connectivity index (χ3v) is 3.25. The van der Waals surface area contributed by atoms with Gasteiger partial charge in [0.1, 0.15) is 0 Å². The molecule has 1 saturated heterocycles. The quantitative estimate of drug-likeness (QED) is 0.673. The lowest BCUT2D eigenvalue weighted by atomic mass is 9.86. The van der Waals surface area contributed by atoms with Crippen LogP contribution in [-0.4, -0.2) is 25.9 Å². The molecule has 4 atom stereocenters. The van der Waals surface area contributed by atoms with Gasteiger partial charge in [-0.1, -0.05) is 27.7 Å². The molecule has 0 aromatic carbocycles. The average Bonchev–Trinajstić information content (AvgIpc) is 2.33. The molecular formula is C11H22O2. The van der Waals surface area contributed by atoms with Crippen molar-refractivity contribution in [2.45, 2.75) is 39.9 Å². The van der Waals surface area contributed by atoms with Crippen LogP contribution in [0.3, 0.4) is 0 Å². The zero-order valence-corrected chi connectivity index (χ0v) is 9.41. The predicted molar refractivity (Wildman–Crippen MR) is 53.7 cm³/mol. The van der Waals surface area contributed by atoms with E-state index in [4.69, 9.17) is 9.47 Å². The minimum atomic E-state index is 0.299. The summed E-state index contributed by atoms with van der Waals surface area (Å²) in [6.07, 6.45) is 0.711. The lowest BCUT2D eigenvalue weighted by Gasteiger charge is -2.19. The highest BCUT2D eigenvalue weighted by Gasteiger charge is 2.39. The molecule has 1 heterocycles. The van der Waals surface area contributed by atoms with E-state index >= 15 is 0 Å². The highest BCUT2D eigenvalue weighted by atomic mass is 16.5. The summed E-state index contributed by atoms with van der Waals surface area (Å²) in [5.74, 6) is 1.88. The Hall–Kier alpha value is -0.0800. The normalized spacial score (nSPS) is 40.2. The second-order valence-corrected chi connectivity index (χ2v) is 4.56. The van der Waals surface area contributed by atoms with Crippen molar-refractivity contribution in [3.63, 3.8) is 0 Å². The van der Waals surface area contributed by atoms with Crippen molar-refractivity contribution < 1.29 is 9.47 Å². The molecule has 1 aliphatic heterocycles. The lowest BCUT2D eigenvalue weighted by molar-refractivity contribution is -0.0296. The van der Waals surface area contributed by atoms with Gasteiger partial charge in [0, 0.05) is 7.11 Å². The first-order chi connectivity index (χ1) is 6.07. The molecule has 0 bridgehead atoms. The molecule has 13 heavy (non-hydrogen) atoms. The molecule has 78 valence electrons. The first kappa shape index (κ1) is 11.0. The van der Waals surface area contributed by atoms with Crippen molar-refractivity contribution >= 4 is 0 Å². The zero-order valence-electron chi connectivity index (χ0n) is 9.41. The second kappa shape index (κ2) is 4.43. The molecule has 2 heteroatoms. The third kappa shape index (κ3) is 2.23. The minimum Gasteiger partial charge on any atom is -0.382 e. The summed E-state index contributed by atoms with van der Waals surface area (Å²) in [7, 11) is 1.74. The van der Waals surface area contributed by atoms with E-state index in [-0.39, 0.29) is 0 Å². The van der Waals surface area contributed by atoms with Crippen LogP contribution >= 0.6 is 0 Å². The first-order valence-electron chi connectivity index (χ1n) is 5.22. The maximum absolute atomic E-state index is 5.96. The number of ether oxygens (including phenoxy) is 2. The summed E-state index contributed by atoms with van der Waals surface area (Å²) in [6, 6.07) is 0. The molecule has 0 aromatic heterocycles. The Kier molecular flexibility index (Phi) is 3.74. The highest BCUT2D eigenvalue weighted by Crippen LogP contribution is 2.35. The molecule has 0 spiro atoms. The molecule has 0 amide bonds. The summed E-state index contributed by atoms with van der Waals surface area (Å²) >= 11 is 0. The van der Waals surface area contributed by atoms with Gasteiger partial charge < -0.3 is 9.47 Å². The van der Waals surface area contributed by atoms with Gasteiger partial charge >= 0.3 is 0 Å². The van der Waals surface area contributed by atoms with Gasteiger partial charge in [-0.2, -0.15) is 0 Å². The summed E-state index contributed by atoms with van der Waals surface area (Å²) < 4.78 is 11.1. The number of rotatable bonds is 3. The summed E-state index contributed by atoms with van der Waals surface area (Å²) in [5, 5.41) is 0. The highest BCUT2D eigenvalue weighted by molar-refractivity contribution is 4.86. The van der Waals surface area contributed by atoms with Gasteiger partial charge in [0.15, 0.2) is 0 Å². The minimum absolute atomic E-state index is 0.299. The SMILES string of the molecule is COCC1OC(C(C)C)C(C)C1C. The van der Waals surface area contributed by atoms with E-state index in [1.54, 1.807) is 7.11 Å². The van der Waals surface area contributed by atoms with E-state index in [1.165, 1.54) is 0 Å². The zero-order chi connectivity index (χ0) is 10.0. The van der Waals surface area contributed by atoms with E-state index in [0.29, 0.717) is 30.0 Å². The molecule has 0 N–H and O–H groups in total. The van der Waals surface area contributed by atoms with E-state index in [1.807, 2.05) is 0 Å². The van der Waals surface area contributed by atoms with E-state index in [2.05, 4.69) is 27.7 Å². The third-order valence-electron chi connectivity index (χ3n) is 3.25. The molecule has 1 rings (SSSR count). The van der Waals surface area contributed by atoms with E-state index in [9.17, 15) is 0 Å². The van der Waals surface area contributed by atoms with Crippen LogP contribution in [0.15, 0.2) is 0 Å². The first-order valence-corrected chi connectivity index (χ1v) is 5.22. The van der Waals surface area contributed by atoms with Crippen LogP contribution in [0, 0.1) is 17.8 Å². The van der Waals surface area contributed by atoms with Gasteiger partial charge in [-0.3, -0.25) is 0 Å². The topological polar surface area (TPSA) is 18.5 Å². The number of hydrogen-bond acceptors (Lipinski definition) is 2. The van der Waals surface area contributed by atoms with Crippen molar-refractivity contribution in [1.82, 2.24) is 0 Å². The van der Waals surface area contributed by atoms with Crippen LogP contribution < -0.4 is 0 Å². The average molecular weight is 186 g/mol. The molecule has 1 fully saturated rings. The van der Waals surface area contributed by atoms with E-state index < -0.39 is 0 Å². The molecular weight excluding hydrogens is 164 g/mol. The van der Waals surface area contributed by atoms with Crippen molar-refractivity contribution in [3.05, 3.63) is 0 Å². The predicted octanol–water partition coefficient (Wildman–Crippen LogP) is 2.33. The van der Waals surface area contributed by atoms with Crippen LogP contribution in [0.2, 0.25) is 0 Å². The van der Waals surface area contributed by atoms with Crippen molar-refractivity contribution in [1.29, 1.82) is 0 Å². The summed E-state index contributed by atoms with van der Waals surface area (Å²) in [5.41, 5.74) is 0. The monoisotopic (exact) mass is 186 g/mol. The molecule has 4 unspecified atom stereocenters. The van der Waals surface area contributed by atoms with Crippen molar-refractivity contribution in [2.24, 2.45) is 17.8 Å². The van der Waals surface area contributed by atoms with Crippen LogP contribution in [-0.2, 0) is 9.47 Å². The molecule has 0 saturated carbocycles. The van der Waals surface area contributed by atoms with Crippen LogP contribution in [0.5, 0.6) is 0 Å². The standard InChI is InChI=1S/C11H22O2/c1-7(2)11-9(4)8(3)10(13-11)6-12-5/h7-11H,6H2,1-5H3. The molecule has 0 aromatic rings. The Labute approximate surface area is 81.6 Å². The maximum Gasteiger partial charge on any atom is 0.0841 e. The van der Waals surface area contributed by atoms with Gasteiger partial charge in [-0.05, 0) is 17.8 Å². The Balaban J connectivity index is 2.56. The molecule has 2 nitrogen and oxygen atoms in total. The van der Waals surface area contributed by atoms with E-state index in [0.717, 1.165) is 6.61 Å². The number of hydrogen-bond donors (Lipinski definition) is 0. The molecule has 0 aliphatic carbocycles. The van der Waals surface area contributed by atoms with Crippen molar-refractivity contribution in [3.8, 4) is 0 Å². The Bertz CT molecular complexity index is 156. The maximum atomic E-state index is 5.96. The van der Waals surface area contributed by atoms with Crippen LogP contribution in [0.1, 0.15) is 27.7 Å². The van der Waals surface area contributed by atoms with Crippen LogP contribution in [0.25, 0.3) is 0 Å². The molecule has 1 aliphatic rings.